The molecule has 138 valence electrons. The summed E-state index contributed by atoms with van der Waals surface area (Å²) in [6, 6.07) is 2.36. The van der Waals surface area contributed by atoms with Crippen LogP contribution in [0, 0.1) is 11.3 Å². The maximum Gasteiger partial charge on any atom is 0.249 e. The van der Waals surface area contributed by atoms with E-state index in [1.54, 1.807) is 18.4 Å². The van der Waals surface area contributed by atoms with E-state index in [0.29, 0.717) is 6.42 Å². The van der Waals surface area contributed by atoms with Gasteiger partial charge >= 0.3 is 0 Å². The number of nitriles is 1. The van der Waals surface area contributed by atoms with E-state index in [2.05, 4.69) is 80.4 Å². The molecule has 24 heavy (non-hydrogen) atoms. The van der Waals surface area contributed by atoms with Gasteiger partial charge in [-0.25, -0.2) is 0 Å². The lowest BCUT2D eigenvalue weighted by molar-refractivity contribution is 0.159. The van der Waals surface area contributed by atoms with Gasteiger partial charge in [-0.15, -0.1) is 6.58 Å². The lowest BCUT2D eigenvalue weighted by Gasteiger charge is -2.41. The molecule has 0 radical (unpaired) electrons. The molecule has 0 aromatic rings. The third kappa shape index (κ3) is 5.91. The van der Waals surface area contributed by atoms with Gasteiger partial charge in [0.15, 0.2) is 13.9 Å². The first kappa shape index (κ1) is 23.2. The lowest BCUT2D eigenvalue weighted by atomic mass is 10.0. The van der Waals surface area contributed by atoms with E-state index in [1.165, 1.54) is 0 Å². The van der Waals surface area contributed by atoms with Crippen molar-refractivity contribution in [3.8, 4) is 6.07 Å². The van der Waals surface area contributed by atoms with Gasteiger partial charge in [-0.2, -0.15) is 5.26 Å². The molecule has 0 saturated heterocycles. The van der Waals surface area contributed by atoms with E-state index in [-0.39, 0.29) is 10.1 Å². The second kappa shape index (κ2) is 7.59. The summed E-state index contributed by atoms with van der Waals surface area (Å²) in [4.78, 5) is 0. The smallest absolute Gasteiger partial charge is 0.249 e. The van der Waals surface area contributed by atoms with Crippen LogP contribution in [0.3, 0.4) is 0 Å². The first-order valence-electron chi connectivity index (χ1n) is 8.61. The van der Waals surface area contributed by atoms with Crippen LogP contribution in [0.5, 0.6) is 0 Å². The highest BCUT2D eigenvalue weighted by Crippen LogP contribution is 2.41. The summed E-state index contributed by atoms with van der Waals surface area (Å²) in [6.07, 6.45) is 5.67. The Bertz CT molecular complexity index is 505. The minimum atomic E-state index is -2.10. The molecule has 5 heteroatoms. The topological polar surface area (TPSA) is 42.2 Å². The zero-order valence-corrected chi connectivity index (χ0v) is 19.4. The second-order valence-corrected chi connectivity index (χ2v) is 19.0. The largest absolute Gasteiger partial charge is 0.549 e. The van der Waals surface area contributed by atoms with Gasteiger partial charge in [-0.1, -0.05) is 47.6 Å². The van der Waals surface area contributed by atoms with Gasteiger partial charge in [0.25, 0.3) is 0 Å². The number of rotatable bonds is 7. The van der Waals surface area contributed by atoms with Gasteiger partial charge in [-0.3, -0.25) is 0 Å². The van der Waals surface area contributed by atoms with Crippen molar-refractivity contribution in [1.29, 1.82) is 5.26 Å². The Morgan fingerprint density at radius 3 is 1.75 bits per heavy atom. The summed E-state index contributed by atoms with van der Waals surface area (Å²) in [6.45, 7) is 25.6. The Morgan fingerprint density at radius 1 is 0.958 bits per heavy atom. The predicted octanol–water partition coefficient (Wildman–Crippen LogP) is 6.38. The number of hydrogen-bond donors (Lipinski definition) is 0. The summed E-state index contributed by atoms with van der Waals surface area (Å²) in [7, 11) is -4.00. The second-order valence-electron chi connectivity index (χ2n) is 9.54. The molecule has 3 nitrogen and oxygen atoms in total. The SMILES string of the molecule is C=CC[C@@](C#N)(/C=C\O[Si](C)(C)C(C)(C)C)O[Si](C)(C)C(C)(C)C. The monoisotopic (exact) mass is 367 g/mol. The summed E-state index contributed by atoms with van der Waals surface area (Å²) in [5.41, 5.74) is -1.01. The fraction of sp³-hybridized carbons (Fsp3) is 0.737. The minimum Gasteiger partial charge on any atom is -0.549 e. The third-order valence-corrected chi connectivity index (χ3v) is 14.2. The summed E-state index contributed by atoms with van der Waals surface area (Å²) in [5.74, 6) is 0. The highest BCUT2D eigenvalue weighted by atomic mass is 28.4. The fourth-order valence-electron chi connectivity index (χ4n) is 1.56. The van der Waals surface area contributed by atoms with Crippen LogP contribution in [0.4, 0.5) is 0 Å². The average Bonchev–Trinajstić information content (AvgIpc) is 2.35. The van der Waals surface area contributed by atoms with E-state index in [9.17, 15) is 5.26 Å². The third-order valence-electron chi connectivity index (χ3n) is 5.39. The van der Waals surface area contributed by atoms with Crippen LogP contribution in [0.25, 0.3) is 0 Å². The van der Waals surface area contributed by atoms with Gasteiger partial charge in [-0.05, 0) is 42.3 Å². The molecule has 0 fully saturated rings. The van der Waals surface area contributed by atoms with Gasteiger partial charge < -0.3 is 8.85 Å². The molecule has 1 atom stereocenters. The molecular weight excluding hydrogens is 330 g/mol. The summed E-state index contributed by atoms with van der Waals surface area (Å²) >= 11 is 0. The fourth-order valence-corrected chi connectivity index (χ4v) is 3.74. The van der Waals surface area contributed by atoms with E-state index < -0.39 is 22.2 Å². The van der Waals surface area contributed by atoms with Crippen LogP contribution in [0.2, 0.25) is 36.3 Å². The first-order valence-corrected chi connectivity index (χ1v) is 14.4. The first-order chi connectivity index (χ1) is 10.5. The quantitative estimate of drug-likeness (QED) is 0.298. The van der Waals surface area contributed by atoms with Crippen molar-refractivity contribution >= 4 is 16.6 Å². The van der Waals surface area contributed by atoms with E-state index in [1.807, 2.05) is 0 Å². The molecule has 0 amide bonds. The summed E-state index contributed by atoms with van der Waals surface area (Å²) < 4.78 is 12.5. The Morgan fingerprint density at radius 2 is 1.42 bits per heavy atom. The van der Waals surface area contributed by atoms with Crippen LogP contribution in [0.15, 0.2) is 25.0 Å². The number of hydrogen-bond acceptors (Lipinski definition) is 3. The Kier molecular flexibility index (Phi) is 7.33. The van der Waals surface area contributed by atoms with Crippen LogP contribution in [0.1, 0.15) is 48.0 Å². The molecule has 0 bridgehead atoms. The Hall–Kier alpha value is -0.836. The molecule has 0 spiro atoms. The Balaban J connectivity index is 5.54. The van der Waals surface area contributed by atoms with Crippen molar-refractivity contribution in [3.63, 3.8) is 0 Å². The van der Waals surface area contributed by atoms with Crippen molar-refractivity contribution in [1.82, 2.24) is 0 Å². The molecule has 0 rings (SSSR count). The molecule has 0 saturated carbocycles. The lowest BCUT2D eigenvalue weighted by Crippen LogP contribution is -2.48. The van der Waals surface area contributed by atoms with Crippen LogP contribution in [-0.2, 0) is 8.85 Å². The standard InChI is InChI=1S/C19H37NO2Si2/c1-12-13-19(16-20,22-24(10,11)18(5,6)7)14-15-21-23(8,9)17(2,3)4/h12,14-15H,1,13H2,2-11H3/b15-14-/t19-/m0/s1. The van der Waals surface area contributed by atoms with Gasteiger partial charge in [0.05, 0.1) is 6.26 Å². The molecule has 0 aliphatic carbocycles. The van der Waals surface area contributed by atoms with Crippen molar-refractivity contribution < 1.29 is 8.85 Å². The maximum absolute atomic E-state index is 9.83. The minimum absolute atomic E-state index is 0.0321. The van der Waals surface area contributed by atoms with E-state index in [4.69, 9.17) is 8.85 Å². The molecular formula is C19H37NO2Si2. The average molecular weight is 368 g/mol. The highest BCUT2D eigenvalue weighted by Gasteiger charge is 2.44. The highest BCUT2D eigenvalue weighted by molar-refractivity contribution is 6.74. The van der Waals surface area contributed by atoms with Gasteiger partial charge in [0.2, 0.25) is 8.32 Å². The Labute approximate surface area is 152 Å². The van der Waals surface area contributed by atoms with Crippen LogP contribution < -0.4 is 0 Å². The molecule has 0 unspecified atom stereocenters. The van der Waals surface area contributed by atoms with Crippen LogP contribution >= 0.6 is 0 Å². The predicted molar refractivity (Wildman–Crippen MR) is 109 cm³/mol. The molecule has 0 N–H and O–H groups in total. The van der Waals surface area contributed by atoms with Gasteiger partial charge in [0.1, 0.15) is 6.07 Å². The molecule has 0 aliphatic heterocycles. The zero-order chi connectivity index (χ0) is 19.4. The molecule has 0 aromatic carbocycles. The zero-order valence-electron chi connectivity index (χ0n) is 17.4. The van der Waals surface area contributed by atoms with Crippen molar-refractivity contribution in [3.05, 3.63) is 25.0 Å². The van der Waals surface area contributed by atoms with Crippen molar-refractivity contribution in [2.24, 2.45) is 0 Å². The van der Waals surface area contributed by atoms with Crippen molar-refractivity contribution in [2.75, 3.05) is 0 Å². The van der Waals surface area contributed by atoms with E-state index in [0.717, 1.165) is 0 Å². The normalized spacial score (nSPS) is 16.5. The van der Waals surface area contributed by atoms with Crippen molar-refractivity contribution in [2.45, 2.75) is 89.8 Å². The molecule has 0 heterocycles. The van der Waals surface area contributed by atoms with E-state index >= 15 is 0 Å². The van der Waals surface area contributed by atoms with Crippen LogP contribution in [-0.4, -0.2) is 22.2 Å². The maximum atomic E-state index is 9.83. The number of nitrogens with zero attached hydrogens (tertiary/aromatic N) is 1. The molecule has 0 aromatic heterocycles. The summed E-state index contributed by atoms with van der Waals surface area (Å²) in [5, 5.41) is 9.98. The molecule has 0 aliphatic rings. The van der Waals surface area contributed by atoms with Gasteiger partial charge in [0, 0.05) is 6.42 Å².